The van der Waals surface area contributed by atoms with Gasteiger partial charge in [0, 0.05) is 20.6 Å². The van der Waals surface area contributed by atoms with Crippen LogP contribution >= 0.6 is 27.5 Å². The minimum absolute atomic E-state index is 0.235. The van der Waals surface area contributed by atoms with Crippen LogP contribution in [0, 0.1) is 0 Å². The molecule has 0 amide bonds. The average Bonchev–Trinajstić information content (AvgIpc) is 3.31. The van der Waals surface area contributed by atoms with Crippen LogP contribution in [0.4, 0.5) is 5.95 Å². The molecule has 0 aliphatic carbocycles. The Morgan fingerprint density at radius 1 is 1.06 bits per heavy atom. The highest BCUT2D eigenvalue weighted by Gasteiger charge is 2.41. The number of aromatic nitrogens is 3. The number of benzene rings is 3. The topological polar surface area (TPSA) is 61.2 Å². The molecule has 0 saturated heterocycles. The van der Waals surface area contributed by atoms with E-state index < -0.39 is 0 Å². The maximum atomic E-state index is 6.62. The molecular formula is C25H18BrClN4O2. The van der Waals surface area contributed by atoms with Gasteiger partial charge < -0.3 is 14.8 Å². The number of ether oxygens (including phenoxy) is 2. The zero-order valence-corrected chi connectivity index (χ0v) is 19.8. The van der Waals surface area contributed by atoms with Crippen LogP contribution in [-0.2, 0) is 0 Å². The lowest BCUT2D eigenvalue weighted by atomic mass is 9.84. The number of anilines is 1. The third-order valence-corrected chi connectivity index (χ3v) is 6.69. The number of rotatable bonds is 3. The van der Waals surface area contributed by atoms with E-state index in [1.54, 1.807) is 13.4 Å². The fourth-order valence-corrected chi connectivity index (χ4v) is 5.08. The van der Waals surface area contributed by atoms with Gasteiger partial charge in [0.25, 0.3) is 0 Å². The highest BCUT2D eigenvalue weighted by Crippen LogP contribution is 2.51. The summed E-state index contributed by atoms with van der Waals surface area (Å²) in [7, 11) is 1.66. The Bertz CT molecular complexity index is 1400. The van der Waals surface area contributed by atoms with Crippen molar-refractivity contribution < 1.29 is 9.47 Å². The number of nitrogens with one attached hydrogen (secondary N) is 1. The molecule has 1 aromatic heterocycles. The van der Waals surface area contributed by atoms with E-state index in [4.69, 9.17) is 21.1 Å². The number of hydrogen-bond donors (Lipinski definition) is 1. The second-order valence-corrected chi connectivity index (χ2v) is 9.20. The molecule has 8 heteroatoms. The average molecular weight is 522 g/mol. The Labute approximate surface area is 204 Å². The molecule has 0 fully saturated rings. The fourth-order valence-electron chi connectivity index (χ4n) is 4.49. The summed E-state index contributed by atoms with van der Waals surface area (Å²) in [5.74, 6) is 2.22. The molecular weight excluding hydrogens is 504 g/mol. The number of fused-ring (bicyclic) bond motifs is 3. The fraction of sp³-hybridized carbons (Fsp3) is 0.120. The molecule has 33 heavy (non-hydrogen) atoms. The van der Waals surface area contributed by atoms with Gasteiger partial charge in [0.1, 0.15) is 30.0 Å². The Hall–Kier alpha value is -3.29. The van der Waals surface area contributed by atoms with Crippen molar-refractivity contribution in [3.63, 3.8) is 0 Å². The van der Waals surface area contributed by atoms with Crippen molar-refractivity contribution >= 4 is 39.2 Å². The van der Waals surface area contributed by atoms with Crippen molar-refractivity contribution in [1.82, 2.24) is 14.8 Å². The van der Waals surface area contributed by atoms with Gasteiger partial charge in [-0.1, -0.05) is 51.8 Å². The van der Waals surface area contributed by atoms with Gasteiger partial charge in [0.05, 0.1) is 12.8 Å². The van der Waals surface area contributed by atoms with Gasteiger partial charge >= 0.3 is 0 Å². The van der Waals surface area contributed by atoms with E-state index in [0.717, 1.165) is 43.9 Å². The molecule has 6 nitrogen and oxygen atoms in total. The molecule has 164 valence electrons. The molecule has 0 bridgehead atoms. The normalized spacial score (nSPS) is 18.5. The lowest BCUT2D eigenvalue weighted by Gasteiger charge is -2.39. The highest BCUT2D eigenvalue weighted by molar-refractivity contribution is 9.10. The summed E-state index contributed by atoms with van der Waals surface area (Å²) >= 11 is 10.00. The van der Waals surface area contributed by atoms with Crippen molar-refractivity contribution in [3.05, 3.63) is 105 Å². The van der Waals surface area contributed by atoms with E-state index >= 15 is 0 Å². The zero-order valence-electron chi connectivity index (χ0n) is 17.5. The summed E-state index contributed by atoms with van der Waals surface area (Å²) in [5.41, 5.74) is 4.94. The van der Waals surface area contributed by atoms with Gasteiger partial charge in [-0.3, -0.25) is 0 Å². The van der Waals surface area contributed by atoms with Crippen molar-refractivity contribution in [1.29, 1.82) is 0 Å². The van der Waals surface area contributed by atoms with Crippen LogP contribution in [0.2, 0.25) is 5.02 Å². The number of methoxy groups -OCH3 is 1. The minimum Gasteiger partial charge on any atom is -0.497 e. The first-order chi connectivity index (χ1) is 16.1. The molecule has 2 aliphatic rings. The van der Waals surface area contributed by atoms with Crippen LogP contribution in [0.25, 0.3) is 5.70 Å². The Kier molecular flexibility index (Phi) is 4.89. The predicted octanol–water partition coefficient (Wildman–Crippen LogP) is 6.26. The summed E-state index contributed by atoms with van der Waals surface area (Å²) in [6, 6.07) is 21.6. The van der Waals surface area contributed by atoms with Crippen molar-refractivity contribution in [2.45, 2.75) is 12.1 Å². The van der Waals surface area contributed by atoms with E-state index in [0.29, 0.717) is 11.0 Å². The van der Waals surface area contributed by atoms with Crippen molar-refractivity contribution in [2.75, 3.05) is 12.4 Å². The first-order valence-electron chi connectivity index (χ1n) is 10.4. The lowest BCUT2D eigenvalue weighted by molar-refractivity contribution is 0.223. The van der Waals surface area contributed by atoms with Gasteiger partial charge in [-0.15, -0.1) is 0 Å². The van der Waals surface area contributed by atoms with E-state index in [9.17, 15) is 0 Å². The van der Waals surface area contributed by atoms with Crippen LogP contribution in [0.3, 0.4) is 0 Å². The SMILES string of the molecule is COc1ccc(C2C3=C(Nc4ncnn42)c2cc(Cl)ccc2OC3c2cccc(Br)c2)cc1. The third kappa shape index (κ3) is 3.39. The quantitative estimate of drug-likeness (QED) is 0.345. The Balaban J connectivity index is 1.62. The molecule has 2 aliphatic heterocycles. The van der Waals surface area contributed by atoms with Crippen LogP contribution in [-0.4, -0.2) is 21.9 Å². The summed E-state index contributed by atoms with van der Waals surface area (Å²) in [4.78, 5) is 4.47. The Morgan fingerprint density at radius 2 is 1.91 bits per heavy atom. The minimum atomic E-state index is -0.344. The summed E-state index contributed by atoms with van der Waals surface area (Å²) in [6.45, 7) is 0. The monoisotopic (exact) mass is 520 g/mol. The smallest absolute Gasteiger partial charge is 0.226 e. The molecule has 1 N–H and O–H groups in total. The second-order valence-electron chi connectivity index (χ2n) is 7.85. The van der Waals surface area contributed by atoms with Crippen LogP contribution in [0.1, 0.15) is 28.8 Å². The van der Waals surface area contributed by atoms with E-state index in [2.05, 4.69) is 55.6 Å². The molecule has 0 spiro atoms. The predicted molar refractivity (Wildman–Crippen MR) is 131 cm³/mol. The first kappa shape index (κ1) is 20.3. The highest BCUT2D eigenvalue weighted by atomic mass is 79.9. The van der Waals surface area contributed by atoms with Crippen LogP contribution in [0.5, 0.6) is 11.5 Å². The number of hydrogen-bond acceptors (Lipinski definition) is 5. The third-order valence-electron chi connectivity index (χ3n) is 5.96. The van der Waals surface area contributed by atoms with E-state index in [1.165, 1.54) is 0 Å². The number of halogens is 2. The number of nitrogens with zero attached hydrogens (tertiary/aromatic N) is 3. The molecule has 2 unspecified atom stereocenters. The zero-order chi connectivity index (χ0) is 22.5. The standard InChI is InChI=1S/C25H18BrClN4O2/c1-32-18-8-5-14(6-9-18)23-21-22(30-25-28-13-29-31(23)25)19-12-17(27)7-10-20(19)33-24(21)15-3-2-4-16(26)11-15/h2-13,23-24H,1H3,(H,28,29,30). The molecule has 4 aromatic rings. The largest absolute Gasteiger partial charge is 0.497 e. The molecule has 2 atom stereocenters. The summed E-state index contributed by atoms with van der Waals surface area (Å²) in [5, 5.41) is 8.69. The van der Waals surface area contributed by atoms with Crippen LogP contribution < -0.4 is 14.8 Å². The van der Waals surface area contributed by atoms with Gasteiger partial charge in [-0.25, -0.2) is 4.68 Å². The molecule has 0 saturated carbocycles. The van der Waals surface area contributed by atoms with E-state index in [1.807, 2.05) is 47.1 Å². The van der Waals surface area contributed by atoms with Gasteiger partial charge in [-0.2, -0.15) is 10.1 Å². The summed E-state index contributed by atoms with van der Waals surface area (Å²) in [6.07, 6.45) is 1.22. The van der Waals surface area contributed by atoms with Crippen LogP contribution in [0.15, 0.2) is 83.1 Å². The first-order valence-corrected chi connectivity index (χ1v) is 11.6. The molecule has 0 radical (unpaired) electrons. The van der Waals surface area contributed by atoms with Gasteiger partial charge in [0.15, 0.2) is 0 Å². The van der Waals surface area contributed by atoms with Gasteiger partial charge in [0.2, 0.25) is 5.95 Å². The lowest BCUT2D eigenvalue weighted by Crippen LogP contribution is -2.32. The summed E-state index contributed by atoms with van der Waals surface area (Å²) < 4.78 is 14.9. The maximum Gasteiger partial charge on any atom is 0.226 e. The molecule has 3 aromatic carbocycles. The molecule has 6 rings (SSSR count). The second kappa shape index (κ2) is 7.93. The van der Waals surface area contributed by atoms with E-state index in [-0.39, 0.29) is 12.1 Å². The van der Waals surface area contributed by atoms with Crippen molar-refractivity contribution in [2.24, 2.45) is 0 Å². The Morgan fingerprint density at radius 3 is 2.70 bits per heavy atom. The molecule has 3 heterocycles. The van der Waals surface area contributed by atoms with Crippen molar-refractivity contribution in [3.8, 4) is 11.5 Å². The van der Waals surface area contributed by atoms with Gasteiger partial charge in [-0.05, 0) is 53.6 Å². The maximum absolute atomic E-state index is 6.62.